The predicted molar refractivity (Wildman–Crippen MR) is 148 cm³/mol. The second-order valence-electron chi connectivity index (χ2n) is 5.37. The maximum atomic E-state index is 2.29. The lowest BCUT2D eigenvalue weighted by atomic mass is 10.4. The number of fused-ring (bicyclic) bond motifs is 1. The summed E-state index contributed by atoms with van der Waals surface area (Å²) in [4.78, 5) is 2.75. The largest absolute Gasteiger partial charge is 0.121 e. The molecule has 4 aliphatic rings. The number of hydrogen-bond donors (Lipinski definition) is 0. The van der Waals surface area contributed by atoms with Crippen LogP contribution in [-0.4, -0.2) is 12.5 Å². The van der Waals surface area contributed by atoms with Gasteiger partial charge in [-0.05, 0) is 36.8 Å². The number of thioether (sulfide) groups is 10. The van der Waals surface area contributed by atoms with Crippen LogP contribution in [0.1, 0.15) is 0 Å². The minimum atomic E-state index is 1.36. The summed E-state index contributed by atoms with van der Waals surface area (Å²) in [7, 11) is 0. The van der Waals surface area contributed by atoms with Crippen LogP contribution in [-0.2, 0) is 0 Å². The van der Waals surface area contributed by atoms with Crippen molar-refractivity contribution in [3.05, 3.63) is 70.3 Å². The van der Waals surface area contributed by atoms with Gasteiger partial charge in [-0.25, -0.2) is 0 Å². The van der Waals surface area contributed by atoms with Gasteiger partial charge in [0.05, 0.1) is 29.7 Å². The molecule has 1 aromatic carbocycles. The highest BCUT2D eigenvalue weighted by Crippen LogP contribution is 2.70. The van der Waals surface area contributed by atoms with Gasteiger partial charge in [0, 0.05) is 14.0 Å². The Hall–Kier alpha value is 1.42. The lowest BCUT2D eigenvalue weighted by Gasteiger charge is -2.05. The van der Waals surface area contributed by atoms with Gasteiger partial charge in [-0.2, -0.15) is 0 Å². The maximum absolute atomic E-state index is 2.29. The third-order valence-electron chi connectivity index (χ3n) is 3.62. The van der Waals surface area contributed by atoms with E-state index >= 15 is 0 Å². The Labute approximate surface area is 208 Å². The summed E-state index contributed by atoms with van der Waals surface area (Å²) in [5, 5.41) is 0. The molecule has 0 nitrogen and oxygen atoms in total. The van der Waals surface area contributed by atoms with Crippen LogP contribution in [0.5, 0.6) is 0 Å². The van der Waals surface area contributed by atoms with Crippen molar-refractivity contribution in [3.63, 3.8) is 0 Å². The molecule has 4 aliphatic heterocycles. The zero-order valence-electron chi connectivity index (χ0n) is 14.5. The number of hydrogen-bond acceptors (Lipinski definition) is 10. The van der Waals surface area contributed by atoms with E-state index in [1.165, 1.54) is 43.7 Å². The molecule has 5 rings (SSSR count). The fraction of sp³-hybridized carbons (Fsp3) is 0.111. The molecule has 0 bridgehead atoms. The van der Waals surface area contributed by atoms with Crippen molar-refractivity contribution in [1.82, 2.24) is 0 Å². The van der Waals surface area contributed by atoms with Gasteiger partial charge in [0.2, 0.25) is 0 Å². The van der Waals surface area contributed by atoms with E-state index in [4.69, 9.17) is 0 Å². The van der Waals surface area contributed by atoms with Crippen molar-refractivity contribution in [2.24, 2.45) is 0 Å². The SMILES string of the molecule is CSC1=C(SC)SC(=C2SC3=C(SC(=CC=C4Sc5ccccc5S4)S3)S2)S1. The molecule has 0 saturated heterocycles. The summed E-state index contributed by atoms with van der Waals surface area (Å²) in [6.07, 6.45) is 8.93. The van der Waals surface area contributed by atoms with Gasteiger partial charge in [0.15, 0.2) is 0 Å². The van der Waals surface area contributed by atoms with E-state index in [1.807, 2.05) is 118 Å². The first-order valence-corrected chi connectivity index (χ1v) is 17.0. The van der Waals surface area contributed by atoms with Crippen LogP contribution in [0, 0.1) is 0 Å². The Kier molecular flexibility index (Phi) is 7.22. The molecule has 0 aliphatic carbocycles. The summed E-state index contributed by atoms with van der Waals surface area (Å²) < 4.78 is 11.5. The summed E-state index contributed by atoms with van der Waals surface area (Å²) in [6, 6.07) is 8.65. The lowest BCUT2D eigenvalue weighted by Crippen LogP contribution is -1.70. The highest BCUT2D eigenvalue weighted by atomic mass is 32.3. The van der Waals surface area contributed by atoms with Crippen LogP contribution < -0.4 is 0 Å². The number of allylic oxidation sites excluding steroid dienone is 2. The minimum Gasteiger partial charge on any atom is -0.121 e. The highest BCUT2D eigenvalue weighted by Gasteiger charge is 2.34. The van der Waals surface area contributed by atoms with Crippen molar-refractivity contribution in [2.45, 2.75) is 9.79 Å². The van der Waals surface area contributed by atoms with E-state index in [0.717, 1.165) is 0 Å². The second-order valence-corrected chi connectivity index (χ2v) is 17.4. The molecule has 0 radical (unpaired) electrons. The minimum absolute atomic E-state index is 1.36. The van der Waals surface area contributed by atoms with E-state index < -0.39 is 0 Å². The zero-order valence-corrected chi connectivity index (χ0v) is 22.7. The van der Waals surface area contributed by atoms with Gasteiger partial charge in [-0.1, -0.05) is 106 Å². The van der Waals surface area contributed by atoms with E-state index in [-0.39, 0.29) is 0 Å². The van der Waals surface area contributed by atoms with Crippen LogP contribution in [0.15, 0.2) is 80.1 Å². The highest BCUT2D eigenvalue weighted by molar-refractivity contribution is 8.49. The number of benzene rings is 1. The molecule has 0 atom stereocenters. The molecule has 0 aromatic heterocycles. The first kappa shape index (κ1) is 21.3. The van der Waals surface area contributed by atoms with Gasteiger partial charge in [0.1, 0.15) is 0 Å². The molecule has 4 heterocycles. The van der Waals surface area contributed by atoms with Crippen molar-refractivity contribution >= 4 is 118 Å². The van der Waals surface area contributed by atoms with Gasteiger partial charge in [0.25, 0.3) is 0 Å². The maximum Gasteiger partial charge on any atom is 0.0718 e. The quantitative estimate of drug-likeness (QED) is 0.356. The summed E-state index contributed by atoms with van der Waals surface area (Å²) >= 11 is 19.2. The molecule has 0 spiro atoms. The average Bonchev–Trinajstić information content (AvgIpc) is 3.45. The van der Waals surface area contributed by atoms with Crippen LogP contribution in [0.25, 0.3) is 0 Å². The molecule has 0 saturated carbocycles. The zero-order chi connectivity index (χ0) is 19.1. The van der Waals surface area contributed by atoms with Gasteiger partial charge in [-0.3, -0.25) is 0 Å². The fourth-order valence-electron chi connectivity index (χ4n) is 2.42. The Morgan fingerprint density at radius 1 is 0.571 bits per heavy atom. The molecule has 10 heteroatoms. The van der Waals surface area contributed by atoms with Crippen molar-refractivity contribution in [2.75, 3.05) is 12.5 Å². The van der Waals surface area contributed by atoms with Crippen LogP contribution in [0.2, 0.25) is 0 Å². The first-order valence-electron chi connectivity index (χ1n) is 7.98. The molecule has 0 N–H and O–H groups in total. The summed E-state index contributed by atoms with van der Waals surface area (Å²) in [5.74, 6) is 0. The topological polar surface area (TPSA) is 0 Å². The standard InChI is InChI=1S/C18H12S10/c1-19-13-14(20-2)26-17(25-13)18-27-15-16(28-18)24-12(23-15)8-7-11-21-9-5-3-4-6-10(9)22-11/h3-8H,1-2H3. The molecule has 28 heavy (non-hydrogen) atoms. The van der Waals surface area contributed by atoms with Crippen LogP contribution in [0.3, 0.4) is 0 Å². The van der Waals surface area contributed by atoms with E-state index in [9.17, 15) is 0 Å². The monoisotopic (exact) mass is 548 g/mol. The van der Waals surface area contributed by atoms with E-state index in [0.29, 0.717) is 0 Å². The Balaban J connectivity index is 1.22. The van der Waals surface area contributed by atoms with E-state index in [2.05, 4.69) is 48.9 Å². The summed E-state index contributed by atoms with van der Waals surface area (Å²) in [6.45, 7) is 0. The Bertz CT molecular complexity index is 930. The first-order chi connectivity index (χ1) is 13.7. The second kappa shape index (κ2) is 9.50. The molecule has 0 fully saturated rings. The molecule has 0 unspecified atom stereocenters. The lowest BCUT2D eigenvalue weighted by molar-refractivity contribution is 1.27. The van der Waals surface area contributed by atoms with Gasteiger partial charge >= 0.3 is 0 Å². The van der Waals surface area contributed by atoms with Crippen molar-refractivity contribution < 1.29 is 0 Å². The smallest absolute Gasteiger partial charge is 0.0718 e. The van der Waals surface area contributed by atoms with Crippen molar-refractivity contribution in [1.29, 1.82) is 0 Å². The Morgan fingerprint density at radius 3 is 1.50 bits per heavy atom. The van der Waals surface area contributed by atoms with Crippen LogP contribution in [0.4, 0.5) is 0 Å². The summed E-state index contributed by atoms with van der Waals surface area (Å²) in [5.41, 5.74) is 0. The Morgan fingerprint density at radius 2 is 1.00 bits per heavy atom. The molecule has 0 amide bonds. The van der Waals surface area contributed by atoms with Gasteiger partial charge < -0.3 is 0 Å². The fourth-order valence-corrected chi connectivity index (χ4v) is 16.2. The van der Waals surface area contributed by atoms with Crippen LogP contribution >= 0.6 is 118 Å². The van der Waals surface area contributed by atoms with Gasteiger partial charge in [-0.15, -0.1) is 23.5 Å². The third-order valence-corrected chi connectivity index (χ3v) is 17.4. The third kappa shape index (κ3) is 4.47. The van der Waals surface area contributed by atoms with Crippen molar-refractivity contribution in [3.8, 4) is 0 Å². The molecular formula is C18H12S10. The molecule has 1 aromatic rings. The normalized spacial score (nSPS) is 21.2. The average molecular weight is 549 g/mol. The molecular weight excluding hydrogens is 537 g/mol. The predicted octanol–water partition coefficient (Wildman–Crippen LogP) is 10.1. The number of rotatable bonds is 3. The van der Waals surface area contributed by atoms with E-state index in [1.54, 1.807) is 0 Å². The molecule has 144 valence electrons.